The maximum absolute atomic E-state index is 11.9. The van der Waals surface area contributed by atoms with Crippen LogP contribution in [0.15, 0.2) is 34.2 Å². The lowest BCUT2D eigenvalue weighted by molar-refractivity contribution is -0.113. The second-order valence-corrected chi connectivity index (χ2v) is 6.00. The standard InChI is InChI=1S/C14H13ClN2OS.BrH/c15-11-5-3-10(4-6-11)9-12-13(18)16-14(19-12)17-7-1-2-8-17;/h3-6,9H,1-2,7-8H2;1H. The molecule has 0 N–H and O–H groups in total. The molecular weight excluding hydrogens is 360 g/mol. The fourth-order valence-electron chi connectivity index (χ4n) is 2.15. The van der Waals surface area contributed by atoms with Gasteiger partial charge >= 0.3 is 0 Å². The number of benzene rings is 1. The van der Waals surface area contributed by atoms with Crippen molar-refractivity contribution >= 4 is 57.5 Å². The van der Waals surface area contributed by atoms with Crippen molar-refractivity contribution < 1.29 is 4.79 Å². The summed E-state index contributed by atoms with van der Waals surface area (Å²) in [6.45, 7) is 2.01. The summed E-state index contributed by atoms with van der Waals surface area (Å²) in [5.41, 5.74) is 0.970. The zero-order chi connectivity index (χ0) is 13.2. The number of hydrogen-bond acceptors (Lipinski definition) is 3. The predicted molar refractivity (Wildman–Crippen MR) is 90.6 cm³/mol. The van der Waals surface area contributed by atoms with Crippen molar-refractivity contribution in [2.45, 2.75) is 12.8 Å². The molecule has 0 aromatic heterocycles. The molecule has 1 fully saturated rings. The van der Waals surface area contributed by atoms with E-state index in [9.17, 15) is 4.79 Å². The maximum atomic E-state index is 11.9. The lowest BCUT2D eigenvalue weighted by atomic mass is 10.2. The molecule has 106 valence electrons. The highest BCUT2D eigenvalue weighted by atomic mass is 79.9. The second-order valence-electron chi connectivity index (χ2n) is 4.56. The Kier molecular flexibility index (Phi) is 5.29. The van der Waals surface area contributed by atoms with Crippen molar-refractivity contribution in [2.24, 2.45) is 4.99 Å². The van der Waals surface area contributed by atoms with Crippen LogP contribution in [0, 0.1) is 0 Å². The summed E-state index contributed by atoms with van der Waals surface area (Å²) in [6, 6.07) is 7.44. The third kappa shape index (κ3) is 3.45. The van der Waals surface area contributed by atoms with Crippen molar-refractivity contribution in [3.8, 4) is 0 Å². The topological polar surface area (TPSA) is 32.7 Å². The average molecular weight is 374 g/mol. The Hall–Kier alpha value is -0.780. The SMILES string of the molecule is Br.O=C1N=C(N2CCCC2)SC1=Cc1ccc(Cl)cc1. The average Bonchev–Trinajstić information content (AvgIpc) is 3.03. The number of rotatable bonds is 1. The first-order valence-electron chi connectivity index (χ1n) is 6.25. The van der Waals surface area contributed by atoms with Crippen LogP contribution in [0.1, 0.15) is 18.4 Å². The Morgan fingerprint density at radius 2 is 1.85 bits per heavy atom. The molecule has 0 saturated carbocycles. The minimum absolute atomic E-state index is 0. The summed E-state index contributed by atoms with van der Waals surface area (Å²) in [7, 11) is 0. The molecule has 1 saturated heterocycles. The molecule has 0 spiro atoms. The maximum Gasteiger partial charge on any atom is 0.286 e. The van der Waals surface area contributed by atoms with Crippen molar-refractivity contribution in [1.82, 2.24) is 4.90 Å². The minimum atomic E-state index is -0.137. The van der Waals surface area contributed by atoms with Gasteiger partial charge in [0.15, 0.2) is 5.17 Å². The third-order valence-electron chi connectivity index (χ3n) is 3.15. The van der Waals surface area contributed by atoms with Crippen molar-refractivity contribution in [1.29, 1.82) is 0 Å². The largest absolute Gasteiger partial charge is 0.351 e. The molecule has 0 atom stereocenters. The van der Waals surface area contributed by atoms with Gasteiger partial charge in [-0.25, -0.2) is 0 Å². The van der Waals surface area contributed by atoms with Gasteiger partial charge < -0.3 is 4.90 Å². The molecule has 1 amide bonds. The molecule has 1 aromatic rings. The number of carbonyl (C=O) groups excluding carboxylic acids is 1. The van der Waals surface area contributed by atoms with Gasteiger partial charge in [0.25, 0.3) is 5.91 Å². The molecule has 0 aliphatic carbocycles. The van der Waals surface area contributed by atoms with Gasteiger partial charge in [-0.1, -0.05) is 23.7 Å². The Bertz CT molecular complexity index is 565. The number of hydrogen-bond donors (Lipinski definition) is 0. The summed E-state index contributed by atoms with van der Waals surface area (Å²) in [5.74, 6) is -0.137. The van der Waals surface area contributed by atoms with E-state index in [1.165, 1.54) is 24.6 Å². The summed E-state index contributed by atoms with van der Waals surface area (Å²) in [6.07, 6.45) is 4.24. The second kappa shape index (κ2) is 6.78. The third-order valence-corrected chi connectivity index (χ3v) is 4.45. The van der Waals surface area contributed by atoms with E-state index in [2.05, 4.69) is 9.89 Å². The molecule has 2 aliphatic heterocycles. The fourth-order valence-corrected chi connectivity index (χ4v) is 3.24. The van der Waals surface area contributed by atoms with E-state index >= 15 is 0 Å². The Balaban J connectivity index is 0.00000147. The van der Waals surface area contributed by atoms with Gasteiger partial charge in [0.05, 0.1) is 4.91 Å². The molecule has 20 heavy (non-hydrogen) atoms. The van der Waals surface area contributed by atoms with Gasteiger partial charge in [0.1, 0.15) is 0 Å². The van der Waals surface area contributed by atoms with Crippen LogP contribution < -0.4 is 0 Å². The summed E-state index contributed by atoms with van der Waals surface area (Å²) in [5, 5.41) is 1.55. The molecule has 0 radical (unpaired) electrons. The van der Waals surface area contributed by atoms with E-state index in [0.29, 0.717) is 9.93 Å². The molecule has 6 heteroatoms. The molecular formula is C14H14BrClN2OS. The monoisotopic (exact) mass is 372 g/mol. The van der Waals surface area contributed by atoms with E-state index < -0.39 is 0 Å². The highest BCUT2D eigenvalue weighted by Gasteiger charge is 2.27. The van der Waals surface area contributed by atoms with Crippen molar-refractivity contribution in [3.05, 3.63) is 39.8 Å². The van der Waals surface area contributed by atoms with Crippen LogP contribution in [0.3, 0.4) is 0 Å². The number of carbonyl (C=O) groups is 1. The Morgan fingerprint density at radius 3 is 2.50 bits per heavy atom. The zero-order valence-corrected chi connectivity index (χ0v) is 14.0. The minimum Gasteiger partial charge on any atom is -0.351 e. The lowest BCUT2D eigenvalue weighted by Gasteiger charge is -2.14. The van der Waals surface area contributed by atoms with E-state index in [-0.39, 0.29) is 22.9 Å². The van der Waals surface area contributed by atoms with Crippen LogP contribution >= 0.6 is 40.3 Å². The fraction of sp³-hybridized carbons (Fsp3) is 0.286. The molecule has 2 heterocycles. The summed E-state index contributed by atoms with van der Waals surface area (Å²) in [4.78, 5) is 18.9. The number of amidine groups is 1. The zero-order valence-electron chi connectivity index (χ0n) is 10.7. The van der Waals surface area contributed by atoms with Gasteiger partial charge in [0, 0.05) is 18.1 Å². The number of aliphatic imine (C=N–C) groups is 1. The van der Waals surface area contributed by atoms with E-state index in [4.69, 9.17) is 11.6 Å². The number of halogens is 2. The first-order chi connectivity index (χ1) is 9.22. The van der Waals surface area contributed by atoms with Crippen LogP contribution in [0.25, 0.3) is 6.08 Å². The van der Waals surface area contributed by atoms with Crippen LogP contribution in [-0.4, -0.2) is 29.1 Å². The molecule has 2 aliphatic rings. The van der Waals surface area contributed by atoms with E-state index in [1.807, 2.05) is 30.3 Å². The van der Waals surface area contributed by atoms with Gasteiger partial charge in [-0.05, 0) is 48.4 Å². The van der Waals surface area contributed by atoms with Crippen LogP contribution in [0.5, 0.6) is 0 Å². The van der Waals surface area contributed by atoms with Crippen LogP contribution in [0.4, 0.5) is 0 Å². The number of nitrogens with zero attached hydrogens (tertiary/aromatic N) is 2. The van der Waals surface area contributed by atoms with Gasteiger partial charge in [-0.3, -0.25) is 4.79 Å². The highest BCUT2D eigenvalue weighted by Crippen LogP contribution is 2.31. The predicted octanol–water partition coefficient (Wildman–Crippen LogP) is 3.98. The number of thioether (sulfide) groups is 1. The lowest BCUT2D eigenvalue weighted by Crippen LogP contribution is -2.23. The normalized spacial score (nSPS) is 20.2. The summed E-state index contributed by atoms with van der Waals surface area (Å²) >= 11 is 7.31. The molecule has 3 rings (SSSR count). The Labute approximate surface area is 137 Å². The number of likely N-dealkylation sites (tertiary alicyclic amines) is 1. The van der Waals surface area contributed by atoms with Crippen LogP contribution in [-0.2, 0) is 4.79 Å². The first kappa shape index (κ1) is 15.6. The molecule has 0 bridgehead atoms. The van der Waals surface area contributed by atoms with Crippen molar-refractivity contribution in [3.63, 3.8) is 0 Å². The quantitative estimate of drug-likeness (QED) is 0.698. The van der Waals surface area contributed by atoms with Gasteiger partial charge in [0.2, 0.25) is 0 Å². The first-order valence-corrected chi connectivity index (χ1v) is 7.45. The Morgan fingerprint density at radius 1 is 1.20 bits per heavy atom. The number of amides is 1. The smallest absolute Gasteiger partial charge is 0.286 e. The van der Waals surface area contributed by atoms with Gasteiger partial charge in [-0.15, -0.1) is 17.0 Å². The molecule has 3 nitrogen and oxygen atoms in total. The molecule has 1 aromatic carbocycles. The summed E-state index contributed by atoms with van der Waals surface area (Å²) < 4.78 is 0. The van der Waals surface area contributed by atoms with Gasteiger partial charge in [-0.2, -0.15) is 4.99 Å². The van der Waals surface area contributed by atoms with Crippen molar-refractivity contribution in [2.75, 3.05) is 13.1 Å². The highest BCUT2D eigenvalue weighted by molar-refractivity contribution is 8.93. The van der Waals surface area contributed by atoms with E-state index in [1.54, 1.807) is 0 Å². The molecule has 0 unspecified atom stereocenters. The van der Waals surface area contributed by atoms with E-state index in [0.717, 1.165) is 23.8 Å². The van der Waals surface area contributed by atoms with Crippen LogP contribution in [0.2, 0.25) is 5.02 Å².